The monoisotopic (exact) mass is 331 g/mol. The highest BCUT2D eigenvalue weighted by atomic mass is 16.5. The number of ether oxygens (including phenoxy) is 1. The fourth-order valence-electron chi connectivity index (χ4n) is 3.35. The number of amides is 1. The van der Waals surface area contributed by atoms with Crippen LogP contribution in [0.4, 0.5) is 0 Å². The number of rotatable bonds is 5. The van der Waals surface area contributed by atoms with E-state index in [-0.39, 0.29) is 12.0 Å². The van der Waals surface area contributed by atoms with Crippen LogP contribution < -0.4 is 10.6 Å². The topological polar surface area (TPSA) is 53.6 Å². The average molecular weight is 331 g/mol. The number of carbonyl (C=O) groups excluding carboxylic acids is 1. The Balaban J connectivity index is 1.48. The first-order valence-corrected chi connectivity index (χ1v) is 9.11. The van der Waals surface area contributed by atoms with Crippen LogP contribution in [-0.2, 0) is 22.6 Å². The van der Waals surface area contributed by atoms with Gasteiger partial charge in [0, 0.05) is 26.2 Å². The van der Waals surface area contributed by atoms with E-state index in [2.05, 4.69) is 46.7 Å². The molecule has 3 rings (SSSR count). The number of likely N-dealkylation sites (tertiary alicyclic amines) is 1. The van der Waals surface area contributed by atoms with Crippen molar-refractivity contribution in [2.45, 2.75) is 39.0 Å². The molecule has 1 amide bonds. The SMILES string of the molecule is CC1CCN(Cc2cccc(CNC(=O)C3CNCCO3)c2)CC1. The summed E-state index contributed by atoms with van der Waals surface area (Å²) in [6.07, 6.45) is 2.23. The van der Waals surface area contributed by atoms with E-state index in [1.54, 1.807) is 0 Å². The van der Waals surface area contributed by atoms with Gasteiger partial charge in [-0.15, -0.1) is 0 Å². The summed E-state index contributed by atoms with van der Waals surface area (Å²) in [5, 5.41) is 6.17. The van der Waals surface area contributed by atoms with Crippen LogP contribution in [-0.4, -0.2) is 49.7 Å². The van der Waals surface area contributed by atoms with Gasteiger partial charge in [-0.05, 0) is 43.0 Å². The molecule has 2 N–H and O–H groups in total. The minimum absolute atomic E-state index is 0.0300. The van der Waals surface area contributed by atoms with Gasteiger partial charge in [-0.3, -0.25) is 9.69 Å². The minimum atomic E-state index is -0.364. The van der Waals surface area contributed by atoms with E-state index in [1.807, 2.05) is 0 Å². The smallest absolute Gasteiger partial charge is 0.250 e. The maximum absolute atomic E-state index is 12.1. The predicted octanol–water partition coefficient (Wildman–Crippen LogP) is 1.52. The quantitative estimate of drug-likeness (QED) is 0.859. The van der Waals surface area contributed by atoms with Gasteiger partial charge < -0.3 is 15.4 Å². The Bertz CT molecular complexity index is 535. The lowest BCUT2D eigenvalue weighted by molar-refractivity contribution is -0.134. The van der Waals surface area contributed by atoms with E-state index in [9.17, 15) is 4.79 Å². The highest BCUT2D eigenvalue weighted by molar-refractivity contribution is 5.81. The number of benzene rings is 1. The second-order valence-corrected chi connectivity index (χ2v) is 7.06. The Kier molecular flexibility index (Phi) is 6.24. The molecule has 2 aliphatic heterocycles. The third kappa shape index (κ3) is 5.03. The molecule has 1 unspecified atom stereocenters. The molecule has 132 valence electrons. The Hall–Kier alpha value is -1.43. The Labute approximate surface area is 144 Å². The first-order chi connectivity index (χ1) is 11.7. The number of hydrogen-bond donors (Lipinski definition) is 2. The van der Waals surface area contributed by atoms with Crippen LogP contribution in [0.1, 0.15) is 30.9 Å². The number of nitrogens with one attached hydrogen (secondary N) is 2. The summed E-state index contributed by atoms with van der Waals surface area (Å²) in [4.78, 5) is 14.6. The van der Waals surface area contributed by atoms with Crippen LogP contribution in [0, 0.1) is 5.92 Å². The maximum Gasteiger partial charge on any atom is 0.250 e. The molecule has 0 aliphatic carbocycles. The summed E-state index contributed by atoms with van der Waals surface area (Å²) in [5.41, 5.74) is 2.47. The maximum atomic E-state index is 12.1. The molecule has 1 atom stereocenters. The van der Waals surface area contributed by atoms with Crippen LogP contribution in [0.5, 0.6) is 0 Å². The van der Waals surface area contributed by atoms with Crippen molar-refractivity contribution in [3.63, 3.8) is 0 Å². The zero-order valence-electron chi connectivity index (χ0n) is 14.6. The highest BCUT2D eigenvalue weighted by Gasteiger charge is 2.21. The van der Waals surface area contributed by atoms with Gasteiger partial charge in [-0.25, -0.2) is 0 Å². The third-order valence-electron chi connectivity index (χ3n) is 4.96. The molecule has 2 aliphatic rings. The lowest BCUT2D eigenvalue weighted by Crippen LogP contribution is -2.47. The number of hydrogen-bond acceptors (Lipinski definition) is 4. The summed E-state index contributed by atoms with van der Waals surface area (Å²) >= 11 is 0. The molecule has 24 heavy (non-hydrogen) atoms. The zero-order valence-corrected chi connectivity index (χ0v) is 14.6. The molecule has 2 fully saturated rings. The largest absolute Gasteiger partial charge is 0.366 e. The van der Waals surface area contributed by atoms with Crippen LogP contribution in [0.15, 0.2) is 24.3 Å². The standard InChI is InChI=1S/C19H29N3O2/c1-15-5-8-22(9-6-15)14-17-4-2-3-16(11-17)12-21-19(23)18-13-20-7-10-24-18/h2-4,11,15,18,20H,5-10,12-14H2,1H3,(H,21,23). The summed E-state index contributed by atoms with van der Waals surface area (Å²) in [6, 6.07) is 8.54. The molecule has 5 heteroatoms. The third-order valence-corrected chi connectivity index (χ3v) is 4.96. The van der Waals surface area contributed by atoms with Crippen molar-refractivity contribution in [2.75, 3.05) is 32.8 Å². The van der Waals surface area contributed by atoms with E-state index in [0.29, 0.717) is 19.7 Å². The second-order valence-electron chi connectivity index (χ2n) is 7.06. The van der Waals surface area contributed by atoms with Gasteiger partial charge in [-0.2, -0.15) is 0 Å². The first-order valence-electron chi connectivity index (χ1n) is 9.11. The Morgan fingerprint density at radius 3 is 2.88 bits per heavy atom. The van der Waals surface area contributed by atoms with Crippen molar-refractivity contribution < 1.29 is 9.53 Å². The van der Waals surface area contributed by atoms with E-state index in [1.165, 1.54) is 31.5 Å². The van der Waals surface area contributed by atoms with Crippen molar-refractivity contribution >= 4 is 5.91 Å². The lowest BCUT2D eigenvalue weighted by Gasteiger charge is -2.30. The van der Waals surface area contributed by atoms with Crippen LogP contribution in [0.3, 0.4) is 0 Å². The van der Waals surface area contributed by atoms with Gasteiger partial charge in [-0.1, -0.05) is 31.2 Å². The molecule has 5 nitrogen and oxygen atoms in total. The predicted molar refractivity (Wildman–Crippen MR) is 94.6 cm³/mol. The van der Waals surface area contributed by atoms with Crippen molar-refractivity contribution in [3.05, 3.63) is 35.4 Å². The van der Waals surface area contributed by atoms with E-state index >= 15 is 0 Å². The normalized spacial score (nSPS) is 23.1. The van der Waals surface area contributed by atoms with E-state index in [4.69, 9.17) is 4.74 Å². The second kappa shape index (κ2) is 8.60. The van der Waals surface area contributed by atoms with Gasteiger partial charge in [0.1, 0.15) is 6.10 Å². The van der Waals surface area contributed by atoms with Crippen LogP contribution in [0.2, 0.25) is 0 Å². The fourth-order valence-corrected chi connectivity index (χ4v) is 3.35. The molecular formula is C19H29N3O2. The fraction of sp³-hybridized carbons (Fsp3) is 0.632. The van der Waals surface area contributed by atoms with Crippen molar-refractivity contribution in [3.8, 4) is 0 Å². The van der Waals surface area contributed by atoms with Crippen molar-refractivity contribution in [1.82, 2.24) is 15.5 Å². The summed E-state index contributed by atoms with van der Waals surface area (Å²) in [5.74, 6) is 0.830. The first kappa shape index (κ1) is 17.4. The Morgan fingerprint density at radius 2 is 2.12 bits per heavy atom. The molecule has 0 aromatic heterocycles. The summed E-state index contributed by atoms with van der Waals surface area (Å²) in [6.45, 7) is 8.30. The Morgan fingerprint density at radius 1 is 1.33 bits per heavy atom. The average Bonchev–Trinajstić information content (AvgIpc) is 2.63. The molecule has 0 spiro atoms. The molecule has 0 saturated carbocycles. The number of nitrogens with zero attached hydrogens (tertiary/aromatic N) is 1. The van der Waals surface area contributed by atoms with Gasteiger partial charge in [0.05, 0.1) is 6.61 Å². The van der Waals surface area contributed by atoms with Gasteiger partial charge in [0.25, 0.3) is 5.91 Å². The van der Waals surface area contributed by atoms with Gasteiger partial charge in [0.15, 0.2) is 0 Å². The molecule has 2 heterocycles. The number of piperidine rings is 1. The van der Waals surface area contributed by atoms with Gasteiger partial charge in [0.2, 0.25) is 0 Å². The van der Waals surface area contributed by atoms with E-state index < -0.39 is 0 Å². The van der Waals surface area contributed by atoms with E-state index in [0.717, 1.165) is 24.6 Å². The lowest BCUT2D eigenvalue weighted by atomic mass is 9.98. The molecule has 0 bridgehead atoms. The van der Waals surface area contributed by atoms with Crippen molar-refractivity contribution in [2.24, 2.45) is 5.92 Å². The molecule has 1 aromatic rings. The molecular weight excluding hydrogens is 302 g/mol. The minimum Gasteiger partial charge on any atom is -0.366 e. The summed E-state index contributed by atoms with van der Waals surface area (Å²) in [7, 11) is 0. The van der Waals surface area contributed by atoms with Crippen LogP contribution in [0.25, 0.3) is 0 Å². The number of morpholine rings is 1. The zero-order chi connectivity index (χ0) is 16.8. The molecule has 0 radical (unpaired) electrons. The molecule has 1 aromatic carbocycles. The highest BCUT2D eigenvalue weighted by Crippen LogP contribution is 2.18. The van der Waals surface area contributed by atoms with Crippen molar-refractivity contribution in [1.29, 1.82) is 0 Å². The summed E-state index contributed by atoms with van der Waals surface area (Å²) < 4.78 is 5.48. The van der Waals surface area contributed by atoms with Crippen LogP contribution >= 0.6 is 0 Å². The molecule has 2 saturated heterocycles. The van der Waals surface area contributed by atoms with Gasteiger partial charge >= 0.3 is 0 Å². The number of carbonyl (C=O) groups is 1.